The van der Waals surface area contributed by atoms with Gasteiger partial charge in [-0.2, -0.15) is 0 Å². The summed E-state index contributed by atoms with van der Waals surface area (Å²) in [7, 11) is 0. The maximum atomic E-state index is 9.50. The van der Waals surface area contributed by atoms with Crippen LogP contribution < -0.4 is 0 Å². The molecule has 1 aliphatic rings. The molecule has 0 saturated heterocycles. The summed E-state index contributed by atoms with van der Waals surface area (Å²) >= 11 is 0. The first-order valence-electron chi connectivity index (χ1n) is 3.18. The van der Waals surface area contributed by atoms with Crippen molar-refractivity contribution in [2.45, 2.75) is 25.4 Å². The molecule has 0 saturated carbocycles. The van der Waals surface area contributed by atoms with Gasteiger partial charge in [-0.25, -0.2) is 0 Å². The molecule has 0 fully saturated rings. The van der Waals surface area contributed by atoms with Crippen LogP contribution in [0, 0.1) is 0 Å². The highest BCUT2D eigenvalue weighted by Crippen LogP contribution is 2.17. The SMILES string of the molecule is CCC1(O)C=CN=CC1. The smallest absolute Gasteiger partial charge is 0.0892 e. The third-order valence-corrected chi connectivity index (χ3v) is 1.63. The molecule has 1 rings (SSSR count). The molecule has 0 radical (unpaired) electrons. The number of rotatable bonds is 1. The first-order valence-corrected chi connectivity index (χ1v) is 3.18. The Labute approximate surface area is 54.9 Å². The lowest BCUT2D eigenvalue weighted by molar-refractivity contribution is 0.0944. The van der Waals surface area contributed by atoms with Crippen molar-refractivity contribution in [2.75, 3.05) is 0 Å². The summed E-state index contributed by atoms with van der Waals surface area (Å²) in [5, 5.41) is 9.50. The minimum atomic E-state index is -0.609. The van der Waals surface area contributed by atoms with E-state index in [1.165, 1.54) is 0 Å². The van der Waals surface area contributed by atoms with Crippen LogP contribution in [0.3, 0.4) is 0 Å². The second kappa shape index (κ2) is 2.31. The minimum absolute atomic E-state index is 0.609. The summed E-state index contributed by atoms with van der Waals surface area (Å²) in [5.41, 5.74) is -0.609. The molecule has 1 unspecified atom stereocenters. The molecular weight excluding hydrogens is 114 g/mol. The van der Waals surface area contributed by atoms with Crippen LogP contribution in [0.1, 0.15) is 19.8 Å². The summed E-state index contributed by atoms with van der Waals surface area (Å²) in [6, 6.07) is 0. The van der Waals surface area contributed by atoms with Crippen LogP contribution in [-0.2, 0) is 0 Å². The highest BCUT2D eigenvalue weighted by molar-refractivity contribution is 5.61. The first-order chi connectivity index (χ1) is 4.27. The highest BCUT2D eigenvalue weighted by atomic mass is 16.3. The molecule has 9 heavy (non-hydrogen) atoms. The van der Waals surface area contributed by atoms with Gasteiger partial charge in [0.1, 0.15) is 0 Å². The van der Waals surface area contributed by atoms with Gasteiger partial charge in [-0.05, 0) is 12.5 Å². The lowest BCUT2D eigenvalue weighted by Crippen LogP contribution is -2.26. The minimum Gasteiger partial charge on any atom is -0.385 e. The zero-order valence-electron chi connectivity index (χ0n) is 5.54. The van der Waals surface area contributed by atoms with Crippen molar-refractivity contribution in [3.63, 3.8) is 0 Å². The fourth-order valence-electron chi connectivity index (χ4n) is 0.784. The predicted octanol–water partition coefficient (Wildman–Crippen LogP) is 1.12. The van der Waals surface area contributed by atoms with E-state index in [0.717, 1.165) is 6.42 Å². The summed E-state index contributed by atoms with van der Waals surface area (Å²) < 4.78 is 0. The van der Waals surface area contributed by atoms with Gasteiger partial charge in [-0.1, -0.05) is 6.92 Å². The molecule has 0 amide bonds. The third kappa shape index (κ3) is 1.39. The maximum Gasteiger partial charge on any atom is 0.0892 e. The van der Waals surface area contributed by atoms with Gasteiger partial charge in [0, 0.05) is 18.8 Å². The Bertz CT molecular complexity index is 151. The summed E-state index contributed by atoms with van der Waals surface area (Å²) in [6.45, 7) is 1.96. The van der Waals surface area contributed by atoms with E-state index in [0.29, 0.717) is 6.42 Å². The van der Waals surface area contributed by atoms with Gasteiger partial charge < -0.3 is 5.11 Å². The average molecular weight is 125 g/mol. The molecule has 0 aromatic heterocycles. The molecule has 0 aliphatic carbocycles. The molecule has 50 valence electrons. The van der Waals surface area contributed by atoms with Gasteiger partial charge in [0.05, 0.1) is 5.60 Å². The molecule has 0 aromatic carbocycles. The van der Waals surface area contributed by atoms with Gasteiger partial charge in [-0.15, -0.1) is 0 Å². The van der Waals surface area contributed by atoms with Crippen LogP contribution in [-0.4, -0.2) is 16.9 Å². The van der Waals surface area contributed by atoms with Crippen molar-refractivity contribution in [1.29, 1.82) is 0 Å². The molecule has 0 aromatic rings. The average Bonchev–Trinajstić information content (AvgIpc) is 1.90. The van der Waals surface area contributed by atoms with E-state index in [1.54, 1.807) is 18.5 Å². The van der Waals surface area contributed by atoms with E-state index in [2.05, 4.69) is 4.99 Å². The van der Waals surface area contributed by atoms with E-state index in [1.807, 2.05) is 6.92 Å². The predicted molar refractivity (Wildman–Crippen MR) is 37.5 cm³/mol. The fraction of sp³-hybridized carbons (Fsp3) is 0.571. The fourth-order valence-corrected chi connectivity index (χ4v) is 0.784. The highest BCUT2D eigenvalue weighted by Gasteiger charge is 2.20. The van der Waals surface area contributed by atoms with Crippen molar-refractivity contribution in [2.24, 2.45) is 4.99 Å². The Hall–Kier alpha value is -0.630. The Morgan fingerprint density at radius 1 is 1.78 bits per heavy atom. The van der Waals surface area contributed by atoms with Gasteiger partial charge in [-0.3, -0.25) is 4.99 Å². The molecule has 1 N–H and O–H groups in total. The monoisotopic (exact) mass is 125 g/mol. The summed E-state index contributed by atoms with van der Waals surface area (Å²) in [5.74, 6) is 0. The second-order valence-corrected chi connectivity index (χ2v) is 2.31. The van der Waals surface area contributed by atoms with Crippen molar-refractivity contribution in [1.82, 2.24) is 0 Å². The van der Waals surface area contributed by atoms with E-state index >= 15 is 0 Å². The van der Waals surface area contributed by atoms with Crippen LogP contribution in [0.25, 0.3) is 0 Å². The van der Waals surface area contributed by atoms with E-state index in [4.69, 9.17) is 0 Å². The van der Waals surface area contributed by atoms with E-state index in [9.17, 15) is 5.11 Å². The van der Waals surface area contributed by atoms with Gasteiger partial charge >= 0.3 is 0 Å². The number of aliphatic imine (C=N–C) groups is 1. The molecule has 1 heterocycles. The topological polar surface area (TPSA) is 32.6 Å². The van der Waals surface area contributed by atoms with Crippen molar-refractivity contribution < 1.29 is 5.11 Å². The van der Waals surface area contributed by atoms with Crippen LogP contribution in [0.5, 0.6) is 0 Å². The molecule has 2 nitrogen and oxygen atoms in total. The lowest BCUT2D eigenvalue weighted by Gasteiger charge is -2.21. The second-order valence-electron chi connectivity index (χ2n) is 2.31. The van der Waals surface area contributed by atoms with Crippen molar-refractivity contribution in [3.05, 3.63) is 12.3 Å². The van der Waals surface area contributed by atoms with Gasteiger partial charge in [0.2, 0.25) is 0 Å². The van der Waals surface area contributed by atoms with Crippen molar-refractivity contribution >= 4 is 6.21 Å². The largest absolute Gasteiger partial charge is 0.385 e. The molecule has 2 heteroatoms. The van der Waals surface area contributed by atoms with Crippen LogP contribution in [0.15, 0.2) is 17.3 Å². The van der Waals surface area contributed by atoms with Crippen LogP contribution in [0.4, 0.5) is 0 Å². The van der Waals surface area contributed by atoms with E-state index < -0.39 is 5.60 Å². The van der Waals surface area contributed by atoms with Crippen LogP contribution in [0.2, 0.25) is 0 Å². The summed E-state index contributed by atoms with van der Waals surface area (Å²) in [6.07, 6.45) is 6.54. The zero-order chi connectivity index (χ0) is 6.74. The molecule has 0 spiro atoms. The summed E-state index contributed by atoms with van der Waals surface area (Å²) in [4.78, 5) is 3.85. The first kappa shape index (κ1) is 6.49. The van der Waals surface area contributed by atoms with Gasteiger partial charge in [0.25, 0.3) is 0 Å². The van der Waals surface area contributed by atoms with Crippen LogP contribution >= 0.6 is 0 Å². The number of nitrogens with zero attached hydrogens (tertiary/aromatic N) is 1. The Balaban J connectivity index is 2.63. The number of hydrogen-bond donors (Lipinski definition) is 1. The molecule has 1 atom stereocenters. The maximum absolute atomic E-state index is 9.50. The van der Waals surface area contributed by atoms with Crippen molar-refractivity contribution in [3.8, 4) is 0 Å². The standard InChI is InChI=1S/C7H11NO/c1-2-7(9)3-5-8-6-4-7/h3,5-6,9H,2,4H2,1H3. The molecular formula is C7H11NO. The Morgan fingerprint density at radius 3 is 2.89 bits per heavy atom. The number of aliphatic hydroxyl groups is 1. The third-order valence-electron chi connectivity index (χ3n) is 1.63. The molecule has 0 bridgehead atoms. The number of hydrogen-bond acceptors (Lipinski definition) is 2. The Kier molecular flexibility index (Phi) is 1.67. The Morgan fingerprint density at radius 2 is 2.56 bits per heavy atom. The molecule has 1 aliphatic heterocycles. The lowest BCUT2D eigenvalue weighted by atomic mass is 9.96. The van der Waals surface area contributed by atoms with Gasteiger partial charge in [0.15, 0.2) is 0 Å². The normalized spacial score (nSPS) is 33.1. The van der Waals surface area contributed by atoms with E-state index in [-0.39, 0.29) is 0 Å². The zero-order valence-corrected chi connectivity index (χ0v) is 5.54. The quantitative estimate of drug-likeness (QED) is 0.559.